The number of nitrogens with one attached hydrogen (secondary N) is 1. The zero-order chi connectivity index (χ0) is 15.3. The van der Waals surface area contributed by atoms with E-state index in [9.17, 15) is 8.42 Å². The molecule has 0 bridgehead atoms. The lowest BCUT2D eigenvalue weighted by molar-refractivity contribution is 0.336. The summed E-state index contributed by atoms with van der Waals surface area (Å²) >= 11 is 3.46. The number of hydrogen-bond donors (Lipinski definition) is 1. The van der Waals surface area contributed by atoms with Crippen LogP contribution in [0.2, 0.25) is 0 Å². The second-order valence-electron chi connectivity index (χ2n) is 5.41. The van der Waals surface area contributed by atoms with Gasteiger partial charge < -0.3 is 10.1 Å². The van der Waals surface area contributed by atoms with Gasteiger partial charge in [0.15, 0.2) is 9.84 Å². The molecule has 4 nitrogen and oxygen atoms in total. The van der Waals surface area contributed by atoms with Gasteiger partial charge in [0.05, 0.1) is 11.5 Å². The maximum Gasteiger partial charge on any atom is 0.153 e. The number of ether oxygens (including phenoxy) is 1. The summed E-state index contributed by atoms with van der Waals surface area (Å²) in [6.45, 7) is 2.83. The quantitative estimate of drug-likeness (QED) is 0.720. The molecule has 1 saturated carbocycles. The van der Waals surface area contributed by atoms with E-state index in [1.807, 2.05) is 25.1 Å². The fourth-order valence-electron chi connectivity index (χ4n) is 2.06. The van der Waals surface area contributed by atoms with Gasteiger partial charge in [-0.2, -0.15) is 0 Å². The molecule has 6 heteroatoms. The Balaban J connectivity index is 1.91. The average molecular weight is 376 g/mol. The molecule has 0 atom stereocenters. The minimum atomic E-state index is -2.99. The Morgan fingerprint density at radius 1 is 1.33 bits per heavy atom. The Morgan fingerprint density at radius 2 is 2.10 bits per heavy atom. The molecule has 0 heterocycles. The minimum Gasteiger partial charge on any atom is -0.492 e. The summed E-state index contributed by atoms with van der Waals surface area (Å²) in [5.74, 6) is 1.07. The Morgan fingerprint density at radius 3 is 2.76 bits per heavy atom. The summed E-state index contributed by atoms with van der Waals surface area (Å²) in [4.78, 5) is 0. The molecule has 0 aliphatic heterocycles. The van der Waals surface area contributed by atoms with E-state index in [1.54, 1.807) is 0 Å². The highest BCUT2D eigenvalue weighted by molar-refractivity contribution is 9.10. The summed E-state index contributed by atoms with van der Waals surface area (Å²) in [6.07, 6.45) is 3.12. The second kappa shape index (κ2) is 7.61. The minimum absolute atomic E-state index is 0.0758. The van der Waals surface area contributed by atoms with Gasteiger partial charge in [-0.1, -0.05) is 22.9 Å². The first-order valence-corrected chi connectivity index (χ1v) is 9.96. The van der Waals surface area contributed by atoms with Crippen LogP contribution in [0, 0.1) is 0 Å². The molecule has 0 saturated heterocycles. The molecule has 0 spiro atoms. The van der Waals surface area contributed by atoms with Crippen molar-refractivity contribution in [2.75, 3.05) is 18.1 Å². The van der Waals surface area contributed by atoms with Crippen LogP contribution in [-0.4, -0.2) is 32.6 Å². The SMILES string of the molecule is CCCS(=O)(=O)CCOc1ccc(Br)cc1CNC1CC1. The predicted octanol–water partition coefficient (Wildman–Crippen LogP) is 2.90. The van der Waals surface area contributed by atoms with Gasteiger partial charge >= 0.3 is 0 Å². The Kier molecular flexibility index (Phi) is 6.08. The highest BCUT2D eigenvalue weighted by atomic mass is 79.9. The van der Waals surface area contributed by atoms with Gasteiger partial charge in [-0.05, 0) is 37.5 Å². The van der Waals surface area contributed by atoms with Crippen molar-refractivity contribution in [3.8, 4) is 5.75 Å². The number of sulfone groups is 1. The zero-order valence-corrected chi connectivity index (χ0v) is 14.7. The van der Waals surface area contributed by atoms with Crippen molar-refractivity contribution >= 4 is 25.8 Å². The Hall–Kier alpha value is -0.590. The standard InChI is InChI=1S/C15H22BrNO3S/c1-2-8-21(18,19)9-7-20-15-6-3-13(16)10-12(15)11-17-14-4-5-14/h3,6,10,14,17H,2,4-5,7-9,11H2,1H3. The van der Waals surface area contributed by atoms with Gasteiger partial charge in [0, 0.05) is 22.6 Å². The molecular formula is C15H22BrNO3S. The van der Waals surface area contributed by atoms with Gasteiger partial charge in [-0.15, -0.1) is 0 Å². The molecule has 1 aromatic rings. The lowest BCUT2D eigenvalue weighted by atomic mass is 10.2. The number of benzene rings is 1. The summed E-state index contributed by atoms with van der Waals surface area (Å²) in [5.41, 5.74) is 1.06. The third kappa shape index (κ3) is 5.96. The molecule has 0 amide bonds. The number of halogens is 1. The van der Waals surface area contributed by atoms with Crippen LogP contribution >= 0.6 is 15.9 Å². The van der Waals surface area contributed by atoms with E-state index in [-0.39, 0.29) is 18.1 Å². The fraction of sp³-hybridized carbons (Fsp3) is 0.600. The highest BCUT2D eigenvalue weighted by Crippen LogP contribution is 2.25. The summed E-state index contributed by atoms with van der Waals surface area (Å²) in [5, 5.41) is 3.45. The zero-order valence-electron chi connectivity index (χ0n) is 12.3. The van der Waals surface area contributed by atoms with E-state index in [1.165, 1.54) is 12.8 Å². The topological polar surface area (TPSA) is 55.4 Å². The smallest absolute Gasteiger partial charge is 0.153 e. The maximum absolute atomic E-state index is 11.7. The molecule has 0 radical (unpaired) electrons. The van der Waals surface area contributed by atoms with E-state index >= 15 is 0 Å². The molecule has 21 heavy (non-hydrogen) atoms. The maximum atomic E-state index is 11.7. The molecule has 1 aliphatic rings. The summed E-state index contributed by atoms with van der Waals surface area (Å²) in [6, 6.07) is 6.45. The lowest BCUT2D eigenvalue weighted by Crippen LogP contribution is -2.19. The van der Waals surface area contributed by atoms with E-state index in [0.717, 1.165) is 22.3 Å². The van der Waals surface area contributed by atoms with Crippen molar-refractivity contribution < 1.29 is 13.2 Å². The van der Waals surface area contributed by atoms with Crippen molar-refractivity contribution in [2.24, 2.45) is 0 Å². The van der Waals surface area contributed by atoms with Crippen molar-refractivity contribution in [3.63, 3.8) is 0 Å². The first-order chi connectivity index (χ1) is 10.00. The fourth-order valence-corrected chi connectivity index (χ4v) is 3.63. The summed E-state index contributed by atoms with van der Waals surface area (Å²) < 4.78 is 30.1. The monoisotopic (exact) mass is 375 g/mol. The molecule has 0 aromatic heterocycles. The van der Waals surface area contributed by atoms with Crippen molar-refractivity contribution in [1.29, 1.82) is 0 Å². The van der Waals surface area contributed by atoms with Crippen LogP contribution in [0.4, 0.5) is 0 Å². The third-order valence-electron chi connectivity index (χ3n) is 3.35. The number of rotatable bonds is 9. The van der Waals surface area contributed by atoms with Gasteiger partial charge in [-0.3, -0.25) is 0 Å². The molecule has 118 valence electrons. The molecule has 1 aliphatic carbocycles. The molecular weight excluding hydrogens is 354 g/mol. The molecule has 1 N–H and O–H groups in total. The van der Waals surface area contributed by atoms with Gasteiger partial charge in [0.2, 0.25) is 0 Å². The second-order valence-corrected chi connectivity index (χ2v) is 8.63. The highest BCUT2D eigenvalue weighted by Gasteiger charge is 2.20. The van der Waals surface area contributed by atoms with E-state index in [2.05, 4.69) is 21.2 Å². The lowest BCUT2D eigenvalue weighted by Gasteiger charge is -2.13. The largest absolute Gasteiger partial charge is 0.492 e. The third-order valence-corrected chi connectivity index (χ3v) is 5.66. The first kappa shape index (κ1) is 16.8. The van der Waals surface area contributed by atoms with E-state index in [4.69, 9.17) is 4.74 Å². The Bertz CT molecular complexity index is 570. The van der Waals surface area contributed by atoms with Crippen LogP contribution in [0.5, 0.6) is 5.75 Å². The van der Waals surface area contributed by atoms with Crippen LogP contribution in [0.15, 0.2) is 22.7 Å². The Labute approximate surface area is 135 Å². The van der Waals surface area contributed by atoms with Crippen LogP contribution in [0.25, 0.3) is 0 Å². The van der Waals surface area contributed by atoms with E-state index < -0.39 is 9.84 Å². The van der Waals surface area contributed by atoms with Gasteiger partial charge in [-0.25, -0.2) is 8.42 Å². The van der Waals surface area contributed by atoms with Crippen LogP contribution in [-0.2, 0) is 16.4 Å². The van der Waals surface area contributed by atoms with E-state index in [0.29, 0.717) is 12.5 Å². The van der Waals surface area contributed by atoms with Crippen LogP contribution in [0.3, 0.4) is 0 Å². The molecule has 0 unspecified atom stereocenters. The molecule has 2 rings (SSSR count). The average Bonchev–Trinajstić information content (AvgIpc) is 3.22. The van der Waals surface area contributed by atoms with Crippen molar-refractivity contribution in [3.05, 3.63) is 28.2 Å². The van der Waals surface area contributed by atoms with Crippen LogP contribution in [0.1, 0.15) is 31.7 Å². The molecule has 1 aromatic carbocycles. The van der Waals surface area contributed by atoms with Crippen molar-refractivity contribution in [2.45, 2.75) is 38.8 Å². The first-order valence-electron chi connectivity index (χ1n) is 7.35. The van der Waals surface area contributed by atoms with Crippen LogP contribution < -0.4 is 10.1 Å². The summed E-state index contributed by atoms with van der Waals surface area (Å²) in [7, 11) is -2.99. The van der Waals surface area contributed by atoms with Crippen molar-refractivity contribution in [1.82, 2.24) is 5.32 Å². The van der Waals surface area contributed by atoms with Gasteiger partial charge in [0.1, 0.15) is 12.4 Å². The normalized spacial score (nSPS) is 15.1. The van der Waals surface area contributed by atoms with Gasteiger partial charge in [0.25, 0.3) is 0 Å². The predicted molar refractivity (Wildman–Crippen MR) is 88.4 cm³/mol. The number of hydrogen-bond acceptors (Lipinski definition) is 4. The molecule has 1 fully saturated rings.